The third-order valence-corrected chi connectivity index (χ3v) is 8.14. The summed E-state index contributed by atoms with van der Waals surface area (Å²) in [5, 5.41) is 0. The van der Waals surface area contributed by atoms with Crippen LogP contribution < -0.4 is 0 Å². The molecule has 0 saturated heterocycles. The van der Waals surface area contributed by atoms with Crippen LogP contribution in [0, 0.1) is 23.7 Å². The summed E-state index contributed by atoms with van der Waals surface area (Å²) < 4.78 is 23.7. The molecule has 1 aromatic rings. The van der Waals surface area contributed by atoms with Gasteiger partial charge in [0.2, 0.25) is 5.79 Å². The second kappa shape index (κ2) is 10.8. The maximum absolute atomic E-state index is 13.1. The Morgan fingerprint density at radius 1 is 1.14 bits per heavy atom. The lowest BCUT2D eigenvalue weighted by Gasteiger charge is -2.41. The van der Waals surface area contributed by atoms with Crippen LogP contribution >= 0.6 is 0 Å². The van der Waals surface area contributed by atoms with E-state index in [0.717, 1.165) is 12.0 Å². The lowest BCUT2D eigenvalue weighted by molar-refractivity contribution is -0.227. The van der Waals surface area contributed by atoms with Gasteiger partial charge < -0.3 is 18.9 Å². The van der Waals surface area contributed by atoms with Gasteiger partial charge in [-0.3, -0.25) is 0 Å². The first-order valence-electron chi connectivity index (χ1n) is 13.0. The molecule has 0 unspecified atom stereocenters. The van der Waals surface area contributed by atoms with E-state index in [1.807, 2.05) is 49.4 Å². The zero-order chi connectivity index (χ0) is 26.8. The number of allylic oxidation sites excluding steroid dienone is 3. The number of carbonyl (C=O) groups is 2. The number of rotatable bonds is 6. The van der Waals surface area contributed by atoms with Crippen molar-refractivity contribution in [1.82, 2.24) is 0 Å². The Morgan fingerprint density at radius 2 is 1.86 bits per heavy atom. The van der Waals surface area contributed by atoms with Gasteiger partial charge in [-0.05, 0) is 74.2 Å². The Balaban J connectivity index is 1.76. The van der Waals surface area contributed by atoms with Crippen LogP contribution in [0.25, 0.3) is 6.08 Å². The minimum absolute atomic E-state index is 0.0205. The van der Waals surface area contributed by atoms with Crippen LogP contribution in [0.4, 0.5) is 0 Å². The molecule has 37 heavy (non-hydrogen) atoms. The Bertz CT molecular complexity index is 1130. The molecular weight excluding hydrogens is 468 g/mol. The zero-order valence-corrected chi connectivity index (χ0v) is 22.6. The Kier molecular flexibility index (Phi) is 7.91. The largest absolute Gasteiger partial charge is 0.466 e. The predicted octanol–water partition coefficient (Wildman–Crippen LogP) is 5.66. The third-order valence-electron chi connectivity index (χ3n) is 8.14. The van der Waals surface area contributed by atoms with Gasteiger partial charge >= 0.3 is 11.9 Å². The molecule has 2 heterocycles. The molecule has 1 aromatic carbocycles. The van der Waals surface area contributed by atoms with Crippen molar-refractivity contribution >= 4 is 18.0 Å². The molecule has 6 heteroatoms. The Hall–Kier alpha value is -2.96. The van der Waals surface area contributed by atoms with Gasteiger partial charge in [-0.15, -0.1) is 0 Å². The SMILES string of the molecule is COC(=O)/C1=C/[C@@H]2[C@@H](C(C)C)CC=C(C)[C@@H]2C[C@H](OC(=O)/C=C/c2ccccc2)[C@]2(C)C=C[C@@]1(OC)O2. The molecule has 3 aliphatic rings. The Labute approximate surface area is 220 Å². The standard InChI is InChI=1S/C31H38O6/c1-20(2)23-14-12-21(3)24-19-27(36-28(32)15-13-22-10-8-7-9-11-22)30(4)16-17-31(35-6,37-30)26(18-25(23)24)29(33)34-5/h7-13,15-18,20,23-25,27H,14,19H2,1-6H3/b15-13+,26-18-/t23-,24+,25-,27+,30+,31-/m1/s1. The number of hydrogen-bond donors (Lipinski definition) is 0. The van der Waals surface area contributed by atoms with Crippen LogP contribution in [0.2, 0.25) is 0 Å². The summed E-state index contributed by atoms with van der Waals surface area (Å²) in [6.07, 6.45) is 11.9. The molecule has 1 aliphatic carbocycles. The van der Waals surface area contributed by atoms with E-state index in [4.69, 9.17) is 18.9 Å². The first kappa shape index (κ1) is 27.1. The second-order valence-corrected chi connectivity index (χ2v) is 10.7. The van der Waals surface area contributed by atoms with E-state index < -0.39 is 29.4 Å². The van der Waals surface area contributed by atoms with Crippen molar-refractivity contribution < 1.29 is 28.5 Å². The van der Waals surface area contributed by atoms with Gasteiger partial charge in [-0.1, -0.05) is 61.9 Å². The van der Waals surface area contributed by atoms with Gasteiger partial charge in [0, 0.05) is 13.2 Å². The molecule has 2 aliphatic heterocycles. The molecule has 6 nitrogen and oxygen atoms in total. The number of hydrogen-bond acceptors (Lipinski definition) is 6. The molecule has 0 radical (unpaired) electrons. The monoisotopic (exact) mass is 506 g/mol. The molecule has 198 valence electrons. The summed E-state index contributed by atoms with van der Waals surface area (Å²) in [6.45, 7) is 8.40. The van der Waals surface area contributed by atoms with Crippen LogP contribution in [0.3, 0.4) is 0 Å². The average Bonchev–Trinajstić information content (AvgIpc) is 3.26. The molecule has 0 spiro atoms. The number of ether oxygens (including phenoxy) is 4. The zero-order valence-electron chi connectivity index (χ0n) is 22.6. The summed E-state index contributed by atoms with van der Waals surface area (Å²) in [5.41, 5.74) is 1.44. The highest BCUT2D eigenvalue weighted by Crippen LogP contribution is 2.49. The van der Waals surface area contributed by atoms with Crippen molar-refractivity contribution in [2.24, 2.45) is 23.7 Å². The summed E-state index contributed by atoms with van der Waals surface area (Å²) in [7, 11) is 2.88. The van der Waals surface area contributed by atoms with Crippen molar-refractivity contribution in [2.75, 3.05) is 14.2 Å². The fraction of sp³-hybridized carbons (Fsp3) is 0.484. The van der Waals surface area contributed by atoms with E-state index in [1.54, 1.807) is 12.2 Å². The van der Waals surface area contributed by atoms with Crippen molar-refractivity contribution in [3.8, 4) is 0 Å². The van der Waals surface area contributed by atoms with E-state index >= 15 is 0 Å². The van der Waals surface area contributed by atoms with Crippen LogP contribution in [0.1, 0.15) is 46.1 Å². The first-order valence-corrected chi connectivity index (χ1v) is 13.0. The quantitative estimate of drug-likeness (QED) is 0.282. The maximum atomic E-state index is 13.1. The second-order valence-electron chi connectivity index (χ2n) is 10.7. The van der Waals surface area contributed by atoms with E-state index in [1.165, 1.54) is 25.9 Å². The van der Waals surface area contributed by atoms with Crippen molar-refractivity contribution in [2.45, 2.75) is 58.0 Å². The van der Waals surface area contributed by atoms with Crippen molar-refractivity contribution in [3.05, 3.63) is 77.4 Å². The molecule has 0 saturated carbocycles. The molecular formula is C31H38O6. The van der Waals surface area contributed by atoms with E-state index in [-0.39, 0.29) is 11.8 Å². The summed E-state index contributed by atoms with van der Waals surface area (Å²) in [4.78, 5) is 26.2. The average molecular weight is 507 g/mol. The van der Waals surface area contributed by atoms with E-state index in [9.17, 15) is 9.59 Å². The number of carbonyl (C=O) groups excluding carboxylic acids is 2. The van der Waals surface area contributed by atoms with Gasteiger partial charge in [-0.2, -0.15) is 0 Å². The van der Waals surface area contributed by atoms with Crippen molar-refractivity contribution in [1.29, 1.82) is 0 Å². The van der Waals surface area contributed by atoms with Crippen LogP contribution in [0.5, 0.6) is 0 Å². The Morgan fingerprint density at radius 3 is 2.51 bits per heavy atom. The first-order chi connectivity index (χ1) is 17.6. The van der Waals surface area contributed by atoms with Gasteiger partial charge in [0.25, 0.3) is 0 Å². The van der Waals surface area contributed by atoms with E-state index in [2.05, 4.69) is 26.8 Å². The van der Waals surface area contributed by atoms with Crippen LogP contribution in [-0.4, -0.2) is 43.7 Å². The minimum atomic E-state index is -1.43. The summed E-state index contributed by atoms with van der Waals surface area (Å²) in [6, 6.07) is 9.61. The maximum Gasteiger partial charge on any atom is 0.339 e. The smallest absolute Gasteiger partial charge is 0.339 e. The summed E-state index contributed by atoms with van der Waals surface area (Å²) >= 11 is 0. The highest BCUT2D eigenvalue weighted by Gasteiger charge is 2.55. The predicted molar refractivity (Wildman–Crippen MR) is 142 cm³/mol. The number of esters is 2. The fourth-order valence-electron chi connectivity index (χ4n) is 5.91. The lowest BCUT2D eigenvalue weighted by Crippen LogP contribution is -2.48. The van der Waals surface area contributed by atoms with Crippen molar-refractivity contribution in [3.63, 3.8) is 0 Å². The number of methoxy groups -OCH3 is 2. The highest BCUT2D eigenvalue weighted by molar-refractivity contribution is 5.91. The number of fused-ring (bicyclic) bond motifs is 3. The third kappa shape index (κ3) is 5.36. The molecule has 0 amide bonds. The molecule has 0 aromatic heterocycles. The molecule has 0 fully saturated rings. The van der Waals surface area contributed by atoms with Crippen LogP contribution in [0.15, 0.2) is 71.9 Å². The van der Waals surface area contributed by atoms with Gasteiger partial charge in [0.15, 0.2) is 0 Å². The minimum Gasteiger partial charge on any atom is -0.466 e. The van der Waals surface area contributed by atoms with E-state index in [0.29, 0.717) is 23.8 Å². The van der Waals surface area contributed by atoms with Gasteiger partial charge in [-0.25, -0.2) is 9.59 Å². The van der Waals surface area contributed by atoms with Gasteiger partial charge in [0.05, 0.1) is 12.7 Å². The molecule has 2 bridgehead atoms. The lowest BCUT2D eigenvalue weighted by atomic mass is 9.65. The van der Waals surface area contributed by atoms with Crippen LogP contribution in [-0.2, 0) is 28.5 Å². The topological polar surface area (TPSA) is 71.1 Å². The normalized spacial score (nSPS) is 34.6. The highest BCUT2D eigenvalue weighted by atomic mass is 16.7. The molecule has 4 rings (SSSR count). The molecule has 6 atom stereocenters. The van der Waals surface area contributed by atoms with Gasteiger partial charge in [0.1, 0.15) is 11.7 Å². The fourth-order valence-corrected chi connectivity index (χ4v) is 5.91. The molecule has 0 N–H and O–H groups in total. The number of benzene rings is 1. The summed E-state index contributed by atoms with van der Waals surface area (Å²) in [5.74, 6) is -1.62.